The van der Waals surface area contributed by atoms with Gasteiger partial charge in [-0.05, 0) is 37.1 Å². The van der Waals surface area contributed by atoms with E-state index >= 15 is 0 Å². The number of hydrogen-bond donors (Lipinski definition) is 0. The van der Waals surface area contributed by atoms with Crippen molar-refractivity contribution in [1.29, 1.82) is 0 Å². The number of aromatic nitrogens is 3. The quantitative estimate of drug-likeness (QED) is 0.534. The third kappa shape index (κ3) is 3.61. The molecular weight excluding hydrogens is 358 g/mol. The molecule has 5 nitrogen and oxygen atoms in total. The first-order valence-electron chi connectivity index (χ1n) is 8.85. The van der Waals surface area contributed by atoms with Crippen LogP contribution in [0.2, 0.25) is 0 Å². The molecule has 0 N–H and O–H groups in total. The zero-order valence-corrected chi connectivity index (χ0v) is 16.0. The number of benzene rings is 2. The second-order valence-electron chi connectivity index (χ2n) is 6.33. The van der Waals surface area contributed by atoms with Crippen molar-refractivity contribution in [1.82, 2.24) is 14.6 Å². The maximum absolute atomic E-state index is 12.7. The molecule has 0 aliphatic rings. The minimum Gasteiger partial charge on any atom is -0.494 e. The minimum absolute atomic E-state index is 0.146. The molecule has 2 aromatic carbocycles. The Morgan fingerprint density at radius 1 is 1.11 bits per heavy atom. The van der Waals surface area contributed by atoms with Crippen LogP contribution < -0.4 is 14.8 Å². The lowest BCUT2D eigenvalue weighted by molar-refractivity contribution is 0.317. The summed E-state index contributed by atoms with van der Waals surface area (Å²) >= 11 is 1.35. The molecule has 2 heterocycles. The van der Waals surface area contributed by atoms with E-state index in [1.807, 2.05) is 61.5 Å². The molecule has 0 unspecified atom stereocenters. The highest BCUT2D eigenvalue weighted by Crippen LogP contribution is 2.17. The monoisotopic (exact) mass is 377 g/mol. The van der Waals surface area contributed by atoms with Crippen LogP contribution in [0, 0.1) is 6.92 Å². The van der Waals surface area contributed by atoms with Gasteiger partial charge in [-0.2, -0.15) is 9.50 Å². The summed E-state index contributed by atoms with van der Waals surface area (Å²) in [5.41, 5.74) is 2.88. The van der Waals surface area contributed by atoms with Gasteiger partial charge in [0.05, 0.1) is 11.1 Å². The van der Waals surface area contributed by atoms with Crippen molar-refractivity contribution < 1.29 is 4.74 Å². The van der Waals surface area contributed by atoms with Crippen LogP contribution in [0.3, 0.4) is 0 Å². The predicted molar refractivity (Wildman–Crippen MR) is 108 cm³/mol. The summed E-state index contributed by atoms with van der Waals surface area (Å²) in [4.78, 5) is 17.8. The first-order chi connectivity index (χ1) is 13.1. The molecule has 6 heteroatoms. The third-order valence-electron chi connectivity index (χ3n) is 4.14. The van der Waals surface area contributed by atoms with Crippen molar-refractivity contribution in [2.45, 2.75) is 20.3 Å². The van der Waals surface area contributed by atoms with Crippen LogP contribution in [0.1, 0.15) is 24.5 Å². The summed E-state index contributed by atoms with van der Waals surface area (Å²) in [6.45, 7) is 4.80. The van der Waals surface area contributed by atoms with Gasteiger partial charge in [0.25, 0.3) is 5.56 Å². The molecule has 0 atom stereocenters. The van der Waals surface area contributed by atoms with Crippen molar-refractivity contribution >= 4 is 22.4 Å². The molecule has 0 aliphatic carbocycles. The SMILES string of the molecule is CCCOc1ccc(C=c2sc3nc(-c4ccc(C)cc4)nn3c2=O)cc1. The fraction of sp³-hybridized carbons (Fsp3) is 0.190. The average Bonchev–Trinajstić information content (AvgIpc) is 3.22. The second-order valence-corrected chi connectivity index (χ2v) is 7.34. The van der Waals surface area contributed by atoms with E-state index in [-0.39, 0.29) is 5.56 Å². The summed E-state index contributed by atoms with van der Waals surface area (Å²) in [6, 6.07) is 15.7. The van der Waals surface area contributed by atoms with Crippen LogP contribution in [0.15, 0.2) is 53.3 Å². The molecule has 4 aromatic rings. The Kier molecular flexibility index (Phi) is 4.73. The zero-order chi connectivity index (χ0) is 18.8. The fourth-order valence-electron chi connectivity index (χ4n) is 2.69. The molecule has 4 rings (SSSR count). The van der Waals surface area contributed by atoms with Crippen molar-refractivity contribution in [2.75, 3.05) is 6.61 Å². The third-order valence-corrected chi connectivity index (χ3v) is 5.10. The van der Waals surface area contributed by atoms with Gasteiger partial charge < -0.3 is 4.74 Å². The Morgan fingerprint density at radius 3 is 2.52 bits per heavy atom. The Bertz CT molecular complexity index is 1180. The lowest BCUT2D eigenvalue weighted by Gasteiger charge is -2.03. The summed E-state index contributed by atoms with van der Waals surface area (Å²) < 4.78 is 7.58. The van der Waals surface area contributed by atoms with E-state index in [0.29, 0.717) is 21.9 Å². The lowest BCUT2D eigenvalue weighted by Crippen LogP contribution is -2.23. The van der Waals surface area contributed by atoms with E-state index in [2.05, 4.69) is 17.0 Å². The number of fused-ring (bicyclic) bond motifs is 1. The van der Waals surface area contributed by atoms with E-state index < -0.39 is 0 Å². The smallest absolute Gasteiger partial charge is 0.291 e. The van der Waals surface area contributed by atoms with Crippen LogP contribution in [-0.2, 0) is 0 Å². The summed E-state index contributed by atoms with van der Waals surface area (Å²) in [7, 11) is 0. The van der Waals surface area contributed by atoms with Crippen LogP contribution >= 0.6 is 11.3 Å². The Morgan fingerprint density at radius 2 is 1.85 bits per heavy atom. The van der Waals surface area contributed by atoms with Crippen molar-refractivity contribution in [3.05, 3.63) is 74.5 Å². The highest BCUT2D eigenvalue weighted by molar-refractivity contribution is 7.15. The highest BCUT2D eigenvalue weighted by Gasteiger charge is 2.11. The summed E-state index contributed by atoms with van der Waals surface area (Å²) in [5.74, 6) is 1.41. The van der Waals surface area contributed by atoms with Gasteiger partial charge in [-0.1, -0.05) is 60.2 Å². The molecule has 2 aromatic heterocycles. The van der Waals surface area contributed by atoms with Crippen molar-refractivity contribution in [2.24, 2.45) is 0 Å². The molecule has 0 fully saturated rings. The van der Waals surface area contributed by atoms with Crippen LogP contribution in [0.25, 0.3) is 22.4 Å². The Hall–Kier alpha value is -2.99. The Labute approximate surface area is 160 Å². The number of nitrogens with zero attached hydrogens (tertiary/aromatic N) is 3. The number of aryl methyl sites for hydroxylation is 1. The molecule has 136 valence electrons. The van der Waals surface area contributed by atoms with Crippen LogP contribution in [-0.4, -0.2) is 21.2 Å². The maximum Gasteiger partial charge on any atom is 0.291 e. The zero-order valence-electron chi connectivity index (χ0n) is 15.2. The average molecular weight is 377 g/mol. The largest absolute Gasteiger partial charge is 0.494 e. The molecular formula is C21H19N3O2S. The molecule has 0 bridgehead atoms. The topological polar surface area (TPSA) is 56.5 Å². The number of hydrogen-bond acceptors (Lipinski definition) is 5. The second kappa shape index (κ2) is 7.32. The van der Waals surface area contributed by atoms with E-state index in [9.17, 15) is 4.79 Å². The van der Waals surface area contributed by atoms with Gasteiger partial charge in [0.2, 0.25) is 4.96 Å². The van der Waals surface area contributed by atoms with Crippen LogP contribution in [0.4, 0.5) is 0 Å². The molecule has 0 aliphatic heterocycles. The Balaban J connectivity index is 1.66. The normalized spacial score (nSPS) is 12.0. The standard InChI is InChI=1S/C21H19N3O2S/c1-3-12-26-17-10-6-15(7-11-17)13-18-20(25)24-21(27-18)22-19(23-24)16-8-4-14(2)5-9-16/h4-11,13H,3,12H2,1-2H3. The number of thiazole rings is 1. The number of ether oxygens (including phenoxy) is 1. The van der Waals surface area contributed by atoms with E-state index in [1.54, 1.807) is 0 Å². The fourth-order valence-corrected chi connectivity index (χ4v) is 3.60. The van der Waals surface area contributed by atoms with E-state index in [4.69, 9.17) is 4.74 Å². The molecule has 0 spiro atoms. The van der Waals surface area contributed by atoms with Gasteiger partial charge in [-0.25, -0.2) is 0 Å². The van der Waals surface area contributed by atoms with Gasteiger partial charge in [-0.3, -0.25) is 4.79 Å². The molecule has 0 amide bonds. The molecule has 0 radical (unpaired) electrons. The summed E-state index contributed by atoms with van der Waals surface area (Å²) in [6.07, 6.45) is 2.83. The van der Waals surface area contributed by atoms with Gasteiger partial charge in [0.1, 0.15) is 5.75 Å². The summed E-state index contributed by atoms with van der Waals surface area (Å²) in [5, 5.41) is 4.39. The van der Waals surface area contributed by atoms with Gasteiger partial charge in [0, 0.05) is 5.56 Å². The van der Waals surface area contributed by atoms with Crippen LogP contribution in [0.5, 0.6) is 5.75 Å². The highest BCUT2D eigenvalue weighted by atomic mass is 32.1. The van der Waals surface area contributed by atoms with E-state index in [0.717, 1.165) is 23.3 Å². The van der Waals surface area contributed by atoms with E-state index in [1.165, 1.54) is 21.4 Å². The number of rotatable bonds is 5. The maximum atomic E-state index is 12.7. The molecule has 0 saturated heterocycles. The minimum atomic E-state index is -0.146. The van der Waals surface area contributed by atoms with Gasteiger partial charge >= 0.3 is 0 Å². The first-order valence-corrected chi connectivity index (χ1v) is 9.67. The lowest BCUT2D eigenvalue weighted by atomic mass is 10.1. The van der Waals surface area contributed by atoms with Crippen molar-refractivity contribution in [3.8, 4) is 17.1 Å². The molecule has 0 saturated carbocycles. The predicted octanol–water partition coefficient (Wildman–Crippen LogP) is 3.46. The van der Waals surface area contributed by atoms with Crippen molar-refractivity contribution in [3.63, 3.8) is 0 Å². The van der Waals surface area contributed by atoms with Gasteiger partial charge in [0.15, 0.2) is 5.82 Å². The first kappa shape index (κ1) is 17.4. The van der Waals surface area contributed by atoms with Gasteiger partial charge in [-0.15, -0.1) is 5.10 Å². The molecule has 27 heavy (non-hydrogen) atoms.